The van der Waals surface area contributed by atoms with Crippen LogP contribution >= 0.6 is 0 Å². The van der Waals surface area contributed by atoms with Gasteiger partial charge in [0.05, 0.1) is 0 Å². The van der Waals surface area contributed by atoms with Crippen LogP contribution in [0.2, 0.25) is 0 Å². The second-order valence-electron chi connectivity index (χ2n) is 5.24. The van der Waals surface area contributed by atoms with Crippen molar-refractivity contribution in [3.8, 4) is 0 Å². The molecule has 0 bridgehead atoms. The molecule has 0 aliphatic rings. The van der Waals surface area contributed by atoms with Gasteiger partial charge in [-0.1, -0.05) is 75.8 Å². The molecule has 0 fully saturated rings. The van der Waals surface area contributed by atoms with E-state index in [1.807, 2.05) is 50.4 Å². The molecule has 0 atom stereocenters. The van der Waals surface area contributed by atoms with Gasteiger partial charge in [0.25, 0.3) is 0 Å². The first-order valence-electron chi connectivity index (χ1n) is 8.49. The van der Waals surface area contributed by atoms with Gasteiger partial charge in [-0.2, -0.15) is 0 Å². The average molecular weight is 287 g/mol. The van der Waals surface area contributed by atoms with Crippen molar-refractivity contribution in [1.82, 2.24) is 4.98 Å². The standard InChI is InChI=1S/C14H23N.C6H10/c1-2-3-4-5-6-7-8-11-14-12-9-10-13-15-14;1-3-5-6-4-2/h9-10,12-13H,2-8,11H2,1H3;3-6H,1-2H3/b;5-3-,6-4-. The van der Waals surface area contributed by atoms with Crippen LogP contribution in [0.1, 0.15) is 71.4 Å². The van der Waals surface area contributed by atoms with Gasteiger partial charge in [0.1, 0.15) is 0 Å². The van der Waals surface area contributed by atoms with Crippen molar-refractivity contribution in [2.24, 2.45) is 0 Å². The molecule has 0 amide bonds. The molecule has 0 aliphatic carbocycles. The fraction of sp³-hybridized carbons (Fsp3) is 0.550. The zero-order chi connectivity index (χ0) is 15.6. The van der Waals surface area contributed by atoms with Crippen LogP contribution in [-0.2, 0) is 6.42 Å². The summed E-state index contributed by atoms with van der Waals surface area (Å²) in [5, 5.41) is 0. The van der Waals surface area contributed by atoms with E-state index in [1.54, 1.807) is 0 Å². The molecule has 1 heterocycles. The van der Waals surface area contributed by atoms with Gasteiger partial charge in [-0.05, 0) is 38.8 Å². The molecule has 0 N–H and O–H groups in total. The minimum absolute atomic E-state index is 1.15. The van der Waals surface area contributed by atoms with Crippen LogP contribution in [0.15, 0.2) is 48.7 Å². The summed E-state index contributed by atoms with van der Waals surface area (Å²) >= 11 is 0. The molecule has 1 heteroatoms. The van der Waals surface area contributed by atoms with E-state index < -0.39 is 0 Å². The molecule has 21 heavy (non-hydrogen) atoms. The Hall–Kier alpha value is -1.37. The Kier molecular flexibility index (Phi) is 15.6. The number of aryl methyl sites for hydroxylation is 1. The summed E-state index contributed by atoms with van der Waals surface area (Å²) in [5.74, 6) is 0. The number of hydrogen-bond acceptors (Lipinski definition) is 1. The van der Waals surface area contributed by atoms with Crippen LogP contribution in [0.3, 0.4) is 0 Å². The van der Waals surface area contributed by atoms with E-state index in [2.05, 4.69) is 24.0 Å². The van der Waals surface area contributed by atoms with Crippen LogP contribution in [0, 0.1) is 0 Å². The van der Waals surface area contributed by atoms with Gasteiger partial charge >= 0.3 is 0 Å². The van der Waals surface area contributed by atoms with Crippen LogP contribution < -0.4 is 0 Å². The molecular formula is C20H33N. The van der Waals surface area contributed by atoms with Crippen LogP contribution in [0.5, 0.6) is 0 Å². The van der Waals surface area contributed by atoms with E-state index in [1.165, 1.54) is 50.6 Å². The van der Waals surface area contributed by atoms with E-state index in [0.717, 1.165) is 6.42 Å². The van der Waals surface area contributed by atoms with Gasteiger partial charge in [0, 0.05) is 11.9 Å². The molecule has 118 valence electrons. The third-order valence-corrected chi connectivity index (χ3v) is 3.26. The lowest BCUT2D eigenvalue weighted by Gasteiger charge is -2.01. The summed E-state index contributed by atoms with van der Waals surface area (Å²) in [7, 11) is 0. The van der Waals surface area contributed by atoms with Crippen molar-refractivity contribution < 1.29 is 0 Å². The van der Waals surface area contributed by atoms with Gasteiger partial charge in [0.2, 0.25) is 0 Å². The van der Waals surface area contributed by atoms with Crippen molar-refractivity contribution in [3.05, 3.63) is 54.4 Å². The molecule has 0 aliphatic heterocycles. The van der Waals surface area contributed by atoms with E-state index in [0.29, 0.717) is 0 Å². The van der Waals surface area contributed by atoms with Crippen molar-refractivity contribution in [2.75, 3.05) is 0 Å². The van der Waals surface area contributed by atoms with Gasteiger partial charge in [-0.3, -0.25) is 4.98 Å². The third kappa shape index (κ3) is 14.8. The van der Waals surface area contributed by atoms with Crippen LogP contribution in [0.25, 0.3) is 0 Å². The van der Waals surface area contributed by atoms with Crippen molar-refractivity contribution in [2.45, 2.75) is 72.1 Å². The first kappa shape index (κ1) is 19.6. The molecular weight excluding hydrogens is 254 g/mol. The molecule has 0 aromatic carbocycles. The summed E-state index contributed by atoms with van der Waals surface area (Å²) in [6.07, 6.45) is 20.7. The van der Waals surface area contributed by atoms with E-state index in [9.17, 15) is 0 Å². The van der Waals surface area contributed by atoms with Crippen molar-refractivity contribution >= 4 is 0 Å². The minimum Gasteiger partial charge on any atom is -0.261 e. The zero-order valence-corrected chi connectivity index (χ0v) is 14.2. The Morgan fingerprint density at radius 3 is 2.00 bits per heavy atom. The molecule has 1 aromatic rings. The molecule has 0 saturated carbocycles. The molecule has 1 nitrogen and oxygen atoms in total. The average Bonchev–Trinajstić information content (AvgIpc) is 2.54. The van der Waals surface area contributed by atoms with E-state index >= 15 is 0 Å². The van der Waals surface area contributed by atoms with Crippen molar-refractivity contribution in [3.63, 3.8) is 0 Å². The maximum atomic E-state index is 4.33. The zero-order valence-electron chi connectivity index (χ0n) is 14.2. The summed E-state index contributed by atoms with van der Waals surface area (Å²) in [6.45, 7) is 6.26. The van der Waals surface area contributed by atoms with Gasteiger partial charge in [0.15, 0.2) is 0 Å². The number of allylic oxidation sites excluding steroid dienone is 4. The Morgan fingerprint density at radius 2 is 1.48 bits per heavy atom. The Labute approximate surface area is 132 Å². The van der Waals surface area contributed by atoms with Gasteiger partial charge in [-0.25, -0.2) is 0 Å². The highest BCUT2D eigenvalue weighted by atomic mass is 14.7. The van der Waals surface area contributed by atoms with E-state index in [-0.39, 0.29) is 0 Å². The normalized spacial score (nSPS) is 10.8. The lowest BCUT2D eigenvalue weighted by molar-refractivity contribution is 0.587. The van der Waals surface area contributed by atoms with Crippen LogP contribution in [-0.4, -0.2) is 4.98 Å². The van der Waals surface area contributed by atoms with E-state index in [4.69, 9.17) is 0 Å². The topological polar surface area (TPSA) is 12.9 Å². The molecule has 1 aromatic heterocycles. The maximum Gasteiger partial charge on any atom is 0.0403 e. The molecule has 0 unspecified atom stereocenters. The number of hydrogen-bond donors (Lipinski definition) is 0. The smallest absolute Gasteiger partial charge is 0.0403 e. The van der Waals surface area contributed by atoms with Crippen molar-refractivity contribution in [1.29, 1.82) is 0 Å². The lowest BCUT2D eigenvalue weighted by Crippen LogP contribution is -1.89. The lowest BCUT2D eigenvalue weighted by atomic mass is 10.1. The third-order valence-electron chi connectivity index (χ3n) is 3.26. The van der Waals surface area contributed by atoms with Crippen LogP contribution in [0.4, 0.5) is 0 Å². The van der Waals surface area contributed by atoms with Gasteiger partial charge < -0.3 is 0 Å². The van der Waals surface area contributed by atoms with Gasteiger partial charge in [-0.15, -0.1) is 0 Å². The number of pyridine rings is 1. The second kappa shape index (κ2) is 16.7. The largest absolute Gasteiger partial charge is 0.261 e. The first-order chi connectivity index (χ1) is 10.3. The fourth-order valence-electron chi connectivity index (χ4n) is 2.03. The maximum absolute atomic E-state index is 4.33. The SMILES string of the molecule is C/C=C\C=C/C.CCCCCCCCCc1ccccn1. The predicted molar refractivity (Wildman–Crippen MR) is 95.6 cm³/mol. The molecule has 0 radical (unpaired) electrons. The summed E-state index contributed by atoms with van der Waals surface area (Å²) < 4.78 is 0. The monoisotopic (exact) mass is 287 g/mol. The first-order valence-corrected chi connectivity index (χ1v) is 8.49. The Balaban J connectivity index is 0.000000567. The Bertz CT molecular complexity index is 341. The molecule has 0 saturated heterocycles. The quantitative estimate of drug-likeness (QED) is 0.372. The Morgan fingerprint density at radius 1 is 0.857 bits per heavy atom. The number of nitrogens with zero attached hydrogens (tertiary/aromatic N) is 1. The fourth-order valence-corrected chi connectivity index (χ4v) is 2.03. The highest BCUT2D eigenvalue weighted by Crippen LogP contribution is 2.09. The highest BCUT2D eigenvalue weighted by molar-refractivity contribution is 5.03. The second-order valence-corrected chi connectivity index (χ2v) is 5.24. The minimum atomic E-state index is 1.15. The molecule has 1 rings (SSSR count). The predicted octanol–water partition coefficient (Wildman–Crippen LogP) is 6.51. The summed E-state index contributed by atoms with van der Waals surface area (Å²) in [4.78, 5) is 4.33. The number of rotatable bonds is 9. The number of aromatic nitrogens is 1. The summed E-state index contributed by atoms with van der Waals surface area (Å²) in [5.41, 5.74) is 1.24. The summed E-state index contributed by atoms with van der Waals surface area (Å²) in [6, 6.07) is 6.18. The highest BCUT2D eigenvalue weighted by Gasteiger charge is 1.93. The number of unbranched alkanes of at least 4 members (excludes halogenated alkanes) is 6. The molecule has 0 spiro atoms.